The first-order chi connectivity index (χ1) is 5.20. The predicted molar refractivity (Wildman–Crippen MR) is 48.8 cm³/mol. The van der Waals surface area contributed by atoms with E-state index in [0.717, 1.165) is 13.0 Å². The Kier molecular flexibility index (Phi) is 6.57. The summed E-state index contributed by atoms with van der Waals surface area (Å²) in [5, 5.41) is 3.48. The maximum Gasteiger partial charge on any atom is 0.0476 e. The molecule has 0 saturated carbocycles. The van der Waals surface area contributed by atoms with E-state index < -0.39 is 0 Å². The highest BCUT2D eigenvalue weighted by atomic mass is 16.5. The van der Waals surface area contributed by atoms with E-state index in [2.05, 4.69) is 26.1 Å². The molecular weight excluding hydrogens is 138 g/mol. The van der Waals surface area contributed by atoms with E-state index in [9.17, 15) is 0 Å². The Hall–Kier alpha value is -0.0800. The monoisotopic (exact) mass is 159 g/mol. The van der Waals surface area contributed by atoms with E-state index in [0.29, 0.717) is 12.1 Å². The minimum atomic E-state index is 0.574. The number of hydrogen-bond donors (Lipinski definition) is 1. The lowest BCUT2D eigenvalue weighted by Gasteiger charge is -2.18. The molecule has 2 heteroatoms. The van der Waals surface area contributed by atoms with Crippen molar-refractivity contribution in [2.24, 2.45) is 0 Å². The van der Waals surface area contributed by atoms with E-state index >= 15 is 0 Å². The third kappa shape index (κ3) is 6.32. The molecule has 0 radical (unpaired) electrons. The lowest BCUT2D eigenvalue weighted by molar-refractivity contribution is 0.183. The molecule has 0 amide bonds. The summed E-state index contributed by atoms with van der Waals surface area (Å²) in [7, 11) is 1.75. The minimum Gasteiger partial charge on any atom is -0.385 e. The van der Waals surface area contributed by atoms with Gasteiger partial charge in [0, 0.05) is 25.8 Å². The quantitative estimate of drug-likeness (QED) is 0.638. The van der Waals surface area contributed by atoms with Gasteiger partial charge in [-0.15, -0.1) is 0 Å². The van der Waals surface area contributed by atoms with Gasteiger partial charge < -0.3 is 10.1 Å². The number of methoxy groups -OCH3 is 1. The van der Waals surface area contributed by atoms with Crippen LogP contribution in [0.1, 0.15) is 33.6 Å². The molecule has 0 spiro atoms. The Balaban J connectivity index is 3.27. The van der Waals surface area contributed by atoms with Gasteiger partial charge in [0.15, 0.2) is 0 Å². The summed E-state index contributed by atoms with van der Waals surface area (Å²) in [5.41, 5.74) is 0. The van der Waals surface area contributed by atoms with Gasteiger partial charge in [-0.2, -0.15) is 0 Å². The van der Waals surface area contributed by atoms with Gasteiger partial charge in [-0.25, -0.2) is 0 Å². The molecule has 0 saturated heterocycles. The molecule has 11 heavy (non-hydrogen) atoms. The third-order valence-electron chi connectivity index (χ3n) is 1.94. The zero-order valence-electron chi connectivity index (χ0n) is 8.18. The molecule has 2 nitrogen and oxygen atoms in total. The Bertz CT molecular complexity index is 85.6. The van der Waals surface area contributed by atoms with E-state index in [1.54, 1.807) is 7.11 Å². The Morgan fingerprint density at radius 1 is 1.27 bits per heavy atom. The van der Waals surface area contributed by atoms with Gasteiger partial charge in [0.2, 0.25) is 0 Å². The SMILES string of the molecule is CCC(C)NC(C)CCOC. The van der Waals surface area contributed by atoms with Crippen LogP contribution in [0.3, 0.4) is 0 Å². The van der Waals surface area contributed by atoms with Crippen LogP contribution < -0.4 is 5.32 Å². The molecule has 2 unspecified atom stereocenters. The van der Waals surface area contributed by atoms with Gasteiger partial charge in [-0.3, -0.25) is 0 Å². The third-order valence-corrected chi connectivity index (χ3v) is 1.94. The van der Waals surface area contributed by atoms with E-state index in [1.165, 1.54) is 6.42 Å². The summed E-state index contributed by atoms with van der Waals surface area (Å²) in [6.07, 6.45) is 2.29. The van der Waals surface area contributed by atoms with Crippen molar-refractivity contribution in [1.82, 2.24) is 5.32 Å². The van der Waals surface area contributed by atoms with Crippen molar-refractivity contribution in [3.63, 3.8) is 0 Å². The van der Waals surface area contributed by atoms with E-state index in [1.807, 2.05) is 0 Å². The fraction of sp³-hybridized carbons (Fsp3) is 1.00. The lowest BCUT2D eigenvalue weighted by atomic mass is 10.2. The lowest BCUT2D eigenvalue weighted by Crippen LogP contribution is -2.34. The molecule has 2 atom stereocenters. The molecule has 0 aromatic carbocycles. The molecule has 0 aromatic heterocycles. The molecule has 0 aromatic rings. The van der Waals surface area contributed by atoms with E-state index in [-0.39, 0.29) is 0 Å². The Morgan fingerprint density at radius 2 is 1.91 bits per heavy atom. The predicted octanol–water partition coefficient (Wildman–Crippen LogP) is 1.80. The normalized spacial score (nSPS) is 16.4. The van der Waals surface area contributed by atoms with Gasteiger partial charge in [0.25, 0.3) is 0 Å². The molecule has 0 aliphatic rings. The second-order valence-electron chi connectivity index (χ2n) is 3.16. The van der Waals surface area contributed by atoms with Crippen molar-refractivity contribution in [2.45, 2.75) is 45.7 Å². The van der Waals surface area contributed by atoms with Crippen LogP contribution in [0.2, 0.25) is 0 Å². The molecule has 0 rings (SSSR count). The zero-order chi connectivity index (χ0) is 8.69. The van der Waals surface area contributed by atoms with Gasteiger partial charge in [-0.05, 0) is 26.7 Å². The van der Waals surface area contributed by atoms with Crippen LogP contribution in [0, 0.1) is 0 Å². The van der Waals surface area contributed by atoms with Crippen LogP contribution in [0.4, 0.5) is 0 Å². The van der Waals surface area contributed by atoms with Crippen molar-refractivity contribution in [2.75, 3.05) is 13.7 Å². The summed E-state index contributed by atoms with van der Waals surface area (Å²) >= 11 is 0. The highest BCUT2D eigenvalue weighted by Crippen LogP contribution is 1.95. The highest BCUT2D eigenvalue weighted by molar-refractivity contribution is 4.65. The molecule has 0 fully saturated rings. The number of hydrogen-bond acceptors (Lipinski definition) is 2. The zero-order valence-corrected chi connectivity index (χ0v) is 8.18. The molecule has 1 N–H and O–H groups in total. The van der Waals surface area contributed by atoms with Gasteiger partial charge >= 0.3 is 0 Å². The summed E-state index contributed by atoms with van der Waals surface area (Å²) in [6, 6.07) is 1.20. The fourth-order valence-electron chi connectivity index (χ4n) is 0.982. The van der Waals surface area contributed by atoms with Crippen molar-refractivity contribution in [3.8, 4) is 0 Å². The topological polar surface area (TPSA) is 21.3 Å². The maximum absolute atomic E-state index is 4.99. The first-order valence-corrected chi connectivity index (χ1v) is 4.45. The van der Waals surface area contributed by atoms with Crippen LogP contribution in [0.15, 0.2) is 0 Å². The van der Waals surface area contributed by atoms with Crippen molar-refractivity contribution >= 4 is 0 Å². The van der Waals surface area contributed by atoms with Crippen molar-refractivity contribution < 1.29 is 4.74 Å². The van der Waals surface area contributed by atoms with Gasteiger partial charge in [-0.1, -0.05) is 6.92 Å². The molecule has 0 bridgehead atoms. The first-order valence-electron chi connectivity index (χ1n) is 4.45. The van der Waals surface area contributed by atoms with Crippen LogP contribution in [-0.2, 0) is 4.74 Å². The van der Waals surface area contributed by atoms with Crippen LogP contribution >= 0.6 is 0 Å². The average molecular weight is 159 g/mol. The largest absolute Gasteiger partial charge is 0.385 e. The number of ether oxygens (including phenoxy) is 1. The number of nitrogens with one attached hydrogen (secondary N) is 1. The highest BCUT2D eigenvalue weighted by Gasteiger charge is 2.03. The second kappa shape index (κ2) is 6.62. The van der Waals surface area contributed by atoms with Crippen molar-refractivity contribution in [3.05, 3.63) is 0 Å². The number of rotatable bonds is 6. The van der Waals surface area contributed by atoms with Crippen LogP contribution in [0.25, 0.3) is 0 Å². The van der Waals surface area contributed by atoms with Gasteiger partial charge in [0.1, 0.15) is 0 Å². The van der Waals surface area contributed by atoms with Crippen LogP contribution in [-0.4, -0.2) is 25.8 Å². The summed E-state index contributed by atoms with van der Waals surface area (Å²) < 4.78 is 4.99. The van der Waals surface area contributed by atoms with E-state index in [4.69, 9.17) is 4.74 Å². The van der Waals surface area contributed by atoms with Gasteiger partial charge in [0.05, 0.1) is 0 Å². The molecule has 0 aliphatic heterocycles. The molecule has 0 heterocycles. The summed E-state index contributed by atoms with van der Waals surface area (Å²) in [4.78, 5) is 0. The van der Waals surface area contributed by atoms with Crippen molar-refractivity contribution in [1.29, 1.82) is 0 Å². The molecular formula is C9H21NO. The Morgan fingerprint density at radius 3 is 2.36 bits per heavy atom. The first kappa shape index (κ1) is 10.9. The molecule has 68 valence electrons. The minimum absolute atomic E-state index is 0.574. The summed E-state index contributed by atoms with van der Waals surface area (Å²) in [5.74, 6) is 0. The maximum atomic E-state index is 4.99. The Labute approximate surface area is 70.3 Å². The standard InChI is InChI=1S/C9H21NO/c1-5-8(2)10-9(3)6-7-11-4/h8-10H,5-7H2,1-4H3. The average Bonchev–Trinajstić information content (AvgIpc) is 2.00. The second-order valence-corrected chi connectivity index (χ2v) is 3.16. The molecule has 0 aliphatic carbocycles. The summed E-state index contributed by atoms with van der Waals surface area (Å²) in [6.45, 7) is 7.46. The smallest absolute Gasteiger partial charge is 0.0476 e. The van der Waals surface area contributed by atoms with Crippen LogP contribution in [0.5, 0.6) is 0 Å². The fourth-order valence-corrected chi connectivity index (χ4v) is 0.982.